The van der Waals surface area contributed by atoms with E-state index in [1.165, 1.54) is 25.3 Å². The maximum atomic E-state index is 13.6. The van der Waals surface area contributed by atoms with E-state index < -0.39 is 0 Å². The summed E-state index contributed by atoms with van der Waals surface area (Å²) >= 11 is 1.95. The maximum absolute atomic E-state index is 13.6. The molecule has 0 saturated heterocycles. The van der Waals surface area contributed by atoms with Crippen LogP contribution < -0.4 is 10.6 Å². The summed E-state index contributed by atoms with van der Waals surface area (Å²) < 4.78 is 13.6. The van der Waals surface area contributed by atoms with E-state index in [0.29, 0.717) is 12.6 Å². The molecule has 4 nitrogen and oxygen atoms in total. The van der Waals surface area contributed by atoms with Crippen molar-refractivity contribution in [3.8, 4) is 0 Å². The highest BCUT2D eigenvalue weighted by atomic mass is 32.2. The summed E-state index contributed by atoms with van der Waals surface area (Å²) in [6.45, 7) is 3.49. The van der Waals surface area contributed by atoms with Crippen molar-refractivity contribution in [1.82, 2.24) is 15.5 Å². The molecule has 2 N–H and O–H groups in total. The molecule has 1 aromatic carbocycles. The molecule has 0 radical (unpaired) electrons. The molecule has 1 saturated carbocycles. The van der Waals surface area contributed by atoms with Gasteiger partial charge in [-0.2, -0.15) is 11.8 Å². The van der Waals surface area contributed by atoms with Crippen LogP contribution in [0.5, 0.6) is 0 Å². The van der Waals surface area contributed by atoms with Crippen molar-refractivity contribution >= 4 is 17.7 Å². The van der Waals surface area contributed by atoms with Crippen LogP contribution in [0.15, 0.2) is 29.3 Å². The van der Waals surface area contributed by atoms with Crippen LogP contribution in [0.2, 0.25) is 0 Å². The van der Waals surface area contributed by atoms with Gasteiger partial charge in [0.15, 0.2) is 5.96 Å². The molecule has 0 aromatic heterocycles. The Labute approximate surface area is 155 Å². The number of hydrogen-bond donors (Lipinski definition) is 2. The molecular weight excluding hydrogens is 335 g/mol. The van der Waals surface area contributed by atoms with Crippen molar-refractivity contribution in [3.63, 3.8) is 0 Å². The van der Waals surface area contributed by atoms with Gasteiger partial charge in [0.1, 0.15) is 5.82 Å². The number of aliphatic imine (C=N–C) groups is 1. The Bertz CT molecular complexity index is 564. The normalized spacial score (nSPS) is 22.2. The van der Waals surface area contributed by atoms with Gasteiger partial charge in [-0.05, 0) is 64.2 Å². The van der Waals surface area contributed by atoms with Crippen molar-refractivity contribution in [2.24, 2.45) is 4.99 Å². The highest BCUT2D eigenvalue weighted by Gasteiger charge is 2.24. The van der Waals surface area contributed by atoms with E-state index in [4.69, 9.17) is 4.99 Å². The lowest BCUT2D eigenvalue weighted by Crippen LogP contribution is -2.43. The highest BCUT2D eigenvalue weighted by Crippen LogP contribution is 2.28. The first kappa shape index (κ1) is 20.0. The second kappa shape index (κ2) is 10.0. The summed E-state index contributed by atoms with van der Waals surface area (Å²) in [6.07, 6.45) is 5.83. The molecule has 2 rings (SSSR count). The molecule has 1 aromatic rings. The minimum absolute atomic E-state index is 0.0497. The summed E-state index contributed by atoms with van der Waals surface area (Å²) in [7, 11) is 4.01. The maximum Gasteiger partial charge on any atom is 0.191 e. The molecule has 140 valence electrons. The SMILES string of the molecule is CCNC(=NCC(c1cccc(F)c1)N(C)C)NC1CCC(SC)C1. The summed E-state index contributed by atoms with van der Waals surface area (Å²) in [5.41, 5.74) is 0.952. The number of guanidine groups is 1. The Balaban J connectivity index is 2.04. The standard InChI is InChI=1S/C19H31FN4S/c1-5-21-19(23-16-9-10-17(12-16)25-4)22-13-18(24(2)3)14-7-6-8-15(20)11-14/h6-8,11,16-18H,5,9-10,12-13H2,1-4H3,(H2,21,22,23). The van der Waals surface area contributed by atoms with Gasteiger partial charge in [-0.25, -0.2) is 4.39 Å². The lowest BCUT2D eigenvalue weighted by Gasteiger charge is -2.24. The van der Waals surface area contributed by atoms with E-state index >= 15 is 0 Å². The third kappa shape index (κ3) is 6.19. The summed E-state index contributed by atoms with van der Waals surface area (Å²) in [5, 5.41) is 7.66. The summed E-state index contributed by atoms with van der Waals surface area (Å²) in [5.74, 6) is 0.657. The van der Waals surface area contributed by atoms with Crippen LogP contribution in [0.1, 0.15) is 37.8 Å². The average Bonchev–Trinajstić information content (AvgIpc) is 3.02. The monoisotopic (exact) mass is 366 g/mol. The number of nitrogens with one attached hydrogen (secondary N) is 2. The number of rotatable bonds is 7. The molecule has 25 heavy (non-hydrogen) atoms. The van der Waals surface area contributed by atoms with E-state index in [1.807, 2.05) is 31.9 Å². The van der Waals surface area contributed by atoms with Crippen LogP contribution >= 0.6 is 11.8 Å². The van der Waals surface area contributed by atoms with E-state index in [2.05, 4.69) is 28.7 Å². The number of likely N-dealkylation sites (N-methyl/N-ethyl adjacent to an activating group) is 1. The first-order chi connectivity index (χ1) is 12.0. The van der Waals surface area contributed by atoms with Gasteiger partial charge in [0.2, 0.25) is 0 Å². The fourth-order valence-corrected chi connectivity index (χ4v) is 4.05. The van der Waals surface area contributed by atoms with E-state index in [9.17, 15) is 4.39 Å². The molecule has 6 heteroatoms. The molecule has 0 heterocycles. The zero-order valence-electron chi connectivity index (χ0n) is 15.8. The lowest BCUT2D eigenvalue weighted by atomic mass is 10.1. The van der Waals surface area contributed by atoms with E-state index in [0.717, 1.165) is 23.3 Å². The van der Waals surface area contributed by atoms with Crippen molar-refractivity contribution in [2.45, 2.75) is 43.5 Å². The summed E-state index contributed by atoms with van der Waals surface area (Å²) in [4.78, 5) is 6.86. The second-order valence-electron chi connectivity index (χ2n) is 6.77. The number of halogens is 1. The Morgan fingerprint density at radius 2 is 2.20 bits per heavy atom. The van der Waals surface area contributed by atoms with Crippen molar-refractivity contribution in [3.05, 3.63) is 35.6 Å². The quantitative estimate of drug-likeness (QED) is 0.574. The molecule has 1 fully saturated rings. The van der Waals surface area contributed by atoms with Crippen molar-refractivity contribution in [2.75, 3.05) is 33.4 Å². The fourth-order valence-electron chi connectivity index (χ4n) is 3.26. The predicted octanol–water partition coefficient (Wildman–Crippen LogP) is 3.27. The van der Waals surface area contributed by atoms with Gasteiger partial charge in [0.25, 0.3) is 0 Å². The number of hydrogen-bond acceptors (Lipinski definition) is 3. The van der Waals surface area contributed by atoms with Gasteiger partial charge in [-0.15, -0.1) is 0 Å². The molecule has 1 aliphatic rings. The minimum atomic E-state index is -0.201. The number of thioether (sulfide) groups is 1. The zero-order valence-corrected chi connectivity index (χ0v) is 16.6. The van der Waals surface area contributed by atoms with Crippen LogP contribution in [-0.2, 0) is 0 Å². The predicted molar refractivity (Wildman–Crippen MR) is 107 cm³/mol. The third-order valence-corrected chi connectivity index (χ3v) is 5.78. The Morgan fingerprint density at radius 1 is 1.40 bits per heavy atom. The molecule has 0 aliphatic heterocycles. The molecule has 3 unspecified atom stereocenters. The number of nitrogens with zero attached hydrogens (tertiary/aromatic N) is 2. The minimum Gasteiger partial charge on any atom is -0.357 e. The molecule has 3 atom stereocenters. The average molecular weight is 367 g/mol. The van der Waals surface area contributed by atoms with Crippen molar-refractivity contribution in [1.29, 1.82) is 0 Å². The second-order valence-corrected chi connectivity index (χ2v) is 7.90. The van der Waals surface area contributed by atoms with E-state index in [-0.39, 0.29) is 11.9 Å². The van der Waals surface area contributed by atoms with Crippen LogP contribution in [0.4, 0.5) is 4.39 Å². The lowest BCUT2D eigenvalue weighted by molar-refractivity contribution is 0.305. The largest absolute Gasteiger partial charge is 0.357 e. The van der Waals surface area contributed by atoms with E-state index in [1.54, 1.807) is 12.1 Å². The third-order valence-electron chi connectivity index (χ3n) is 4.68. The van der Waals surface area contributed by atoms with Gasteiger partial charge < -0.3 is 15.5 Å². The highest BCUT2D eigenvalue weighted by molar-refractivity contribution is 7.99. The Hall–Kier alpha value is -1.27. The fraction of sp³-hybridized carbons (Fsp3) is 0.632. The van der Waals surface area contributed by atoms with Gasteiger partial charge in [0, 0.05) is 17.8 Å². The molecule has 0 spiro atoms. The van der Waals surface area contributed by atoms with Crippen LogP contribution in [0.25, 0.3) is 0 Å². The van der Waals surface area contributed by atoms with Crippen LogP contribution in [-0.4, -0.2) is 55.6 Å². The zero-order chi connectivity index (χ0) is 18.2. The molecule has 1 aliphatic carbocycles. The first-order valence-corrected chi connectivity index (χ1v) is 10.3. The topological polar surface area (TPSA) is 39.7 Å². The van der Waals surface area contributed by atoms with Gasteiger partial charge in [-0.1, -0.05) is 12.1 Å². The van der Waals surface area contributed by atoms with Crippen molar-refractivity contribution < 1.29 is 4.39 Å². The Morgan fingerprint density at radius 3 is 2.80 bits per heavy atom. The molecule has 0 bridgehead atoms. The number of benzene rings is 1. The Kier molecular flexibility index (Phi) is 8.03. The van der Waals surface area contributed by atoms with Gasteiger partial charge in [-0.3, -0.25) is 4.99 Å². The summed E-state index contributed by atoms with van der Waals surface area (Å²) in [6, 6.07) is 7.34. The van der Waals surface area contributed by atoms with Gasteiger partial charge >= 0.3 is 0 Å². The first-order valence-electron chi connectivity index (χ1n) is 9.03. The molecular formula is C19H31FN4S. The van der Waals surface area contributed by atoms with Crippen LogP contribution in [0, 0.1) is 5.82 Å². The van der Waals surface area contributed by atoms with Crippen LogP contribution in [0.3, 0.4) is 0 Å². The van der Waals surface area contributed by atoms with Gasteiger partial charge in [0.05, 0.1) is 12.6 Å². The smallest absolute Gasteiger partial charge is 0.191 e. The molecule has 0 amide bonds.